The van der Waals surface area contributed by atoms with Gasteiger partial charge in [-0.3, -0.25) is 0 Å². The third kappa shape index (κ3) is 3.83. The van der Waals surface area contributed by atoms with E-state index in [-0.39, 0.29) is 5.75 Å². The molecule has 3 aromatic rings. The molecule has 0 atom stereocenters. The van der Waals surface area contributed by atoms with Crippen molar-refractivity contribution in [3.63, 3.8) is 0 Å². The molecule has 5 heteroatoms. The quantitative estimate of drug-likeness (QED) is 0.217. The van der Waals surface area contributed by atoms with Crippen LogP contribution in [0.15, 0.2) is 84.4 Å². The topological polar surface area (TPSA) is 64.7 Å². The average molecular weight is 374 g/mol. The number of rotatable bonds is 5. The van der Waals surface area contributed by atoms with Crippen LogP contribution >= 0.6 is 0 Å². The molecule has 3 aromatic carbocycles. The lowest BCUT2D eigenvalue weighted by molar-refractivity contribution is -0.129. The molecule has 4 nitrogen and oxygen atoms in total. The van der Waals surface area contributed by atoms with Gasteiger partial charge in [-0.15, -0.1) is 0 Å². The van der Waals surface area contributed by atoms with Crippen LogP contribution in [0.5, 0.6) is 5.75 Å². The zero-order valence-corrected chi connectivity index (χ0v) is 15.4. The molecule has 0 unspecified atom stereocenters. The van der Waals surface area contributed by atoms with Gasteiger partial charge in [0.05, 0.1) is 5.69 Å². The first kappa shape index (κ1) is 19.0. The van der Waals surface area contributed by atoms with E-state index in [4.69, 9.17) is 10.5 Å². The van der Waals surface area contributed by atoms with Gasteiger partial charge in [0.15, 0.2) is 11.6 Å². The van der Waals surface area contributed by atoms with Crippen molar-refractivity contribution in [1.82, 2.24) is 0 Å². The fraction of sp³-hybridized carbons (Fsp3) is 0.0435. The number of hydrogen-bond acceptors (Lipinski definition) is 3. The van der Waals surface area contributed by atoms with Gasteiger partial charge in [-0.2, -0.15) is 0 Å². The summed E-state index contributed by atoms with van der Waals surface area (Å²) in [5.41, 5.74) is 8.64. The Kier molecular flexibility index (Phi) is 5.36. The van der Waals surface area contributed by atoms with Crippen LogP contribution in [0.3, 0.4) is 0 Å². The smallest absolute Gasteiger partial charge is 0.335 e. The standard InChI is InChI=1S/C23H19FN2O2/c1-4-21(27)28-22-18-8-6-5-7-17(18)19(13-20(22)24)15-9-11-16(12-10-15)26-23(25)14(2)3/h4-13H,1-2H2,3H3,(H2,25,26). The highest BCUT2D eigenvalue weighted by Gasteiger charge is 2.16. The van der Waals surface area contributed by atoms with Gasteiger partial charge >= 0.3 is 5.97 Å². The Morgan fingerprint density at radius 1 is 1.14 bits per heavy atom. The number of nitrogens with two attached hydrogens (primary N) is 1. The van der Waals surface area contributed by atoms with Crippen molar-refractivity contribution >= 4 is 28.3 Å². The maximum absolute atomic E-state index is 14.7. The summed E-state index contributed by atoms with van der Waals surface area (Å²) in [7, 11) is 0. The number of aliphatic imine (C=N–C) groups is 1. The number of hydrogen-bond donors (Lipinski definition) is 1. The molecule has 0 saturated carbocycles. The average Bonchev–Trinajstić information content (AvgIpc) is 2.70. The van der Waals surface area contributed by atoms with E-state index in [2.05, 4.69) is 18.2 Å². The molecule has 0 spiro atoms. The Labute approximate surface area is 162 Å². The third-order valence-corrected chi connectivity index (χ3v) is 4.18. The molecule has 0 amide bonds. The number of fused-ring (bicyclic) bond motifs is 1. The van der Waals surface area contributed by atoms with Gasteiger partial charge in [-0.1, -0.05) is 49.6 Å². The van der Waals surface area contributed by atoms with Gasteiger partial charge < -0.3 is 10.5 Å². The summed E-state index contributed by atoms with van der Waals surface area (Å²) in [6.45, 7) is 8.89. The highest BCUT2D eigenvalue weighted by atomic mass is 19.1. The van der Waals surface area contributed by atoms with E-state index in [1.54, 1.807) is 31.2 Å². The molecule has 0 heterocycles. The first-order chi connectivity index (χ1) is 13.4. The zero-order valence-electron chi connectivity index (χ0n) is 15.4. The van der Waals surface area contributed by atoms with Crippen LogP contribution in [0.4, 0.5) is 10.1 Å². The minimum absolute atomic E-state index is 0.111. The predicted molar refractivity (Wildman–Crippen MR) is 111 cm³/mol. The normalized spacial score (nSPS) is 11.3. The first-order valence-electron chi connectivity index (χ1n) is 8.56. The predicted octanol–water partition coefficient (Wildman–Crippen LogP) is 5.30. The van der Waals surface area contributed by atoms with E-state index >= 15 is 0 Å². The molecule has 0 radical (unpaired) electrons. The summed E-state index contributed by atoms with van der Waals surface area (Å²) in [6, 6.07) is 15.8. The second-order valence-electron chi connectivity index (χ2n) is 6.23. The molecule has 0 aromatic heterocycles. The highest BCUT2D eigenvalue weighted by Crippen LogP contribution is 2.37. The number of benzene rings is 3. The molecule has 140 valence electrons. The van der Waals surface area contributed by atoms with Crippen molar-refractivity contribution in [3.8, 4) is 16.9 Å². The van der Waals surface area contributed by atoms with Gasteiger partial charge in [0.25, 0.3) is 0 Å². The molecule has 3 rings (SSSR count). The van der Waals surface area contributed by atoms with E-state index in [0.717, 1.165) is 17.0 Å². The molecule has 0 aliphatic carbocycles. The van der Waals surface area contributed by atoms with Gasteiger partial charge in [-0.25, -0.2) is 14.2 Å². The molecule has 28 heavy (non-hydrogen) atoms. The number of nitrogens with zero attached hydrogens (tertiary/aromatic N) is 1. The number of ether oxygens (including phenoxy) is 1. The Bertz CT molecular complexity index is 1120. The van der Waals surface area contributed by atoms with Gasteiger partial charge in [0, 0.05) is 11.5 Å². The highest BCUT2D eigenvalue weighted by molar-refractivity contribution is 6.02. The second kappa shape index (κ2) is 7.88. The van der Waals surface area contributed by atoms with E-state index in [9.17, 15) is 9.18 Å². The molecular weight excluding hydrogens is 355 g/mol. The van der Waals surface area contributed by atoms with E-state index in [1.807, 2.05) is 24.3 Å². The number of carbonyl (C=O) groups excluding carboxylic acids is 1. The lowest BCUT2D eigenvalue weighted by atomic mass is 9.97. The minimum Gasteiger partial charge on any atom is -0.420 e. The Morgan fingerprint density at radius 2 is 1.79 bits per heavy atom. The SMILES string of the molecule is C=CC(=O)Oc1c(F)cc(-c2ccc(N=C(N)C(=C)C)cc2)c2ccccc12. The van der Waals surface area contributed by atoms with Crippen LogP contribution in [0, 0.1) is 5.82 Å². The van der Waals surface area contributed by atoms with Crippen LogP contribution in [0.2, 0.25) is 0 Å². The van der Waals surface area contributed by atoms with Crippen LogP contribution in [0.1, 0.15) is 6.92 Å². The van der Waals surface area contributed by atoms with Crippen LogP contribution in [-0.4, -0.2) is 11.8 Å². The molecule has 2 N–H and O–H groups in total. The maximum Gasteiger partial charge on any atom is 0.335 e. The summed E-state index contributed by atoms with van der Waals surface area (Å²) >= 11 is 0. The summed E-state index contributed by atoms with van der Waals surface area (Å²) in [5, 5.41) is 1.26. The van der Waals surface area contributed by atoms with E-state index in [0.29, 0.717) is 28.0 Å². The monoisotopic (exact) mass is 374 g/mol. The molecule has 0 bridgehead atoms. The van der Waals surface area contributed by atoms with Crippen molar-refractivity contribution in [2.45, 2.75) is 6.92 Å². The van der Waals surface area contributed by atoms with Gasteiger partial charge in [-0.05, 0) is 47.2 Å². The van der Waals surface area contributed by atoms with Crippen molar-refractivity contribution in [2.75, 3.05) is 0 Å². The van der Waals surface area contributed by atoms with Crippen molar-refractivity contribution in [1.29, 1.82) is 0 Å². The Balaban J connectivity index is 2.10. The fourth-order valence-corrected chi connectivity index (χ4v) is 2.75. The second-order valence-corrected chi connectivity index (χ2v) is 6.23. The molecule has 0 saturated heterocycles. The van der Waals surface area contributed by atoms with Crippen LogP contribution in [-0.2, 0) is 4.79 Å². The molecule has 0 aliphatic rings. The Morgan fingerprint density at radius 3 is 2.39 bits per heavy atom. The van der Waals surface area contributed by atoms with Crippen LogP contribution in [0.25, 0.3) is 21.9 Å². The number of esters is 1. The minimum atomic E-state index is -0.714. The fourth-order valence-electron chi connectivity index (χ4n) is 2.75. The lowest BCUT2D eigenvalue weighted by Gasteiger charge is -2.12. The van der Waals surface area contributed by atoms with Crippen molar-refractivity contribution in [3.05, 3.63) is 85.2 Å². The summed E-state index contributed by atoms with van der Waals surface area (Å²) in [6.07, 6.45) is 0.998. The molecular formula is C23H19FN2O2. The summed E-state index contributed by atoms with van der Waals surface area (Å²) in [5.74, 6) is -1.09. The van der Waals surface area contributed by atoms with Crippen molar-refractivity contribution < 1.29 is 13.9 Å². The van der Waals surface area contributed by atoms with Gasteiger partial charge in [0.1, 0.15) is 5.84 Å². The lowest BCUT2D eigenvalue weighted by Crippen LogP contribution is -2.11. The Hall–Kier alpha value is -3.73. The molecule has 0 aliphatic heterocycles. The maximum atomic E-state index is 14.7. The summed E-state index contributed by atoms with van der Waals surface area (Å²) in [4.78, 5) is 15.9. The van der Waals surface area contributed by atoms with E-state index in [1.165, 1.54) is 6.07 Å². The summed E-state index contributed by atoms with van der Waals surface area (Å²) < 4.78 is 19.9. The third-order valence-electron chi connectivity index (χ3n) is 4.18. The number of halogens is 1. The first-order valence-corrected chi connectivity index (χ1v) is 8.56. The van der Waals surface area contributed by atoms with Crippen LogP contribution < -0.4 is 10.5 Å². The number of amidine groups is 1. The molecule has 0 fully saturated rings. The van der Waals surface area contributed by atoms with Gasteiger partial charge in [0.2, 0.25) is 0 Å². The largest absolute Gasteiger partial charge is 0.420 e. The van der Waals surface area contributed by atoms with E-state index < -0.39 is 11.8 Å². The number of carbonyl (C=O) groups is 1. The zero-order chi connectivity index (χ0) is 20.3. The van der Waals surface area contributed by atoms with Crippen molar-refractivity contribution in [2.24, 2.45) is 10.7 Å².